The van der Waals surface area contributed by atoms with Crippen LogP contribution in [-0.2, 0) is 19.3 Å². The van der Waals surface area contributed by atoms with E-state index in [-0.39, 0.29) is 12.0 Å². The minimum absolute atomic E-state index is 0.176. The molecule has 0 heterocycles. The quantitative estimate of drug-likeness (QED) is 0.851. The Kier molecular flexibility index (Phi) is 3.72. The minimum atomic E-state index is -1.54. The highest BCUT2D eigenvalue weighted by Crippen LogP contribution is 2.27. The number of aryl methyl sites for hydroxylation is 2. The number of hydrogen-bond donors (Lipinski definition) is 1. The van der Waals surface area contributed by atoms with Crippen molar-refractivity contribution in [3.8, 4) is 0 Å². The molecule has 3 rings (SSSR count). The average molecular weight is 292 g/mol. The zero-order valence-electron chi connectivity index (χ0n) is 11.4. The molecule has 1 aliphatic carbocycles. The highest BCUT2D eigenvalue weighted by Gasteiger charge is 2.20. The van der Waals surface area contributed by atoms with Gasteiger partial charge in [-0.05, 0) is 42.0 Å². The predicted molar refractivity (Wildman–Crippen MR) is 73.4 cm³/mol. The molecule has 1 atom stereocenters. The number of fused-ring (bicyclic) bond motifs is 1. The molecule has 4 heteroatoms. The van der Waals surface area contributed by atoms with E-state index in [1.807, 2.05) is 18.2 Å². The van der Waals surface area contributed by atoms with Gasteiger partial charge in [0, 0.05) is 12.0 Å². The summed E-state index contributed by atoms with van der Waals surface area (Å²) in [6.45, 7) is 0. The number of hydrogen-bond acceptors (Lipinski definition) is 1. The molecule has 1 aliphatic rings. The fourth-order valence-electron chi connectivity index (χ4n) is 2.88. The maximum atomic E-state index is 13.7. The van der Waals surface area contributed by atoms with Crippen molar-refractivity contribution in [1.29, 1.82) is 0 Å². The van der Waals surface area contributed by atoms with Crippen LogP contribution < -0.4 is 0 Å². The predicted octanol–water partition coefficient (Wildman–Crippen LogP) is 3.87. The van der Waals surface area contributed by atoms with Crippen molar-refractivity contribution in [2.24, 2.45) is 0 Å². The van der Waals surface area contributed by atoms with E-state index in [2.05, 4.69) is 0 Å². The zero-order chi connectivity index (χ0) is 15.0. The second-order valence-corrected chi connectivity index (χ2v) is 5.44. The SMILES string of the molecule is OC(Cc1ccc2c(c1)CCC2)c1ccc(F)c(F)c1F. The van der Waals surface area contributed by atoms with E-state index in [0.717, 1.165) is 37.0 Å². The number of aliphatic hydroxyl groups is 1. The zero-order valence-corrected chi connectivity index (χ0v) is 11.4. The number of halogens is 3. The van der Waals surface area contributed by atoms with Crippen LogP contribution in [0, 0.1) is 17.5 Å². The van der Waals surface area contributed by atoms with Crippen LogP contribution in [0.3, 0.4) is 0 Å². The van der Waals surface area contributed by atoms with E-state index < -0.39 is 23.6 Å². The van der Waals surface area contributed by atoms with E-state index in [0.29, 0.717) is 0 Å². The van der Waals surface area contributed by atoms with Gasteiger partial charge in [-0.1, -0.05) is 24.3 Å². The lowest BCUT2D eigenvalue weighted by Crippen LogP contribution is -2.07. The van der Waals surface area contributed by atoms with E-state index >= 15 is 0 Å². The molecular weight excluding hydrogens is 277 g/mol. The molecule has 0 saturated heterocycles. The van der Waals surface area contributed by atoms with E-state index in [1.54, 1.807) is 0 Å². The van der Waals surface area contributed by atoms with Gasteiger partial charge < -0.3 is 5.11 Å². The molecule has 1 N–H and O–H groups in total. The molecule has 0 radical (unpaired) electrons. The molecule has 21 heavy (non-hydrogen) atoms. The van der Waals surface area contributed by atoms with Crippen LogP contribution in [0.1, 0.15) is 34.8 Å². The molecule has 110 valence electrons. The number of rotatable bonds is 3. The van der Waals surface area contributed by atoms with Gasteiger partial charge in [-0.2, -0.15) is 0 Å². The van der Waals surface area contributed by atoms with Crippen LogP contribution in [-0.4, -0.2) is 5.11 Å². The maximum Gasteiger partial charge on any atom is 0.194 e. The Morgan fingerprint density at radius 2 is 1.71 bits per heavy atom. The van der Waals surface area contributed by atoms with Gasteiger partial charge in [0.25, 0.3) is 0 Å². The molecule has 1 unspecified atom stereocenters. The van der Waals surface area contributed by atoms with Crippen LogP contribution in [0.5, 0.6) is 0 Å². The normalized spacial score (nSPS) is 15.0. The summed E-state index contributed by atoms with van der Waals surface area (Å²) >= 11 is 0. The summed E-state index contributed by atoms with van der Waals surface area (Å²) in [6, 6.07) is 7.84. The third-order valence-electron chi connectivity index (χ3n) is 4.02. The fourth-order valence-corrected chi connectivity index (χ4v) is 2.88. The topological polar surface area (TPSA) is 20.2 Å². The summed E-state index contributed by atoms with van der Waals surface area (Å²) in [5.74, 6) is -4.11. The molecule has 0 bridgehead atoms. The lowest BCUT2D eigenvalue weighted by Gasteiger charge is -2.13. The standard InChI is InChI=1S/C17H15F3O/c18-14-7-6-13(16(19)17(14)20)15(21)9-10-4-5-11-2-1-3-12(11)8-10/h4-8,15,21H,1-3,9H2. The summed E-state index contributed by atoms with van der Waals surface area (Å²) in [5, 5.41) is 10.1. The Labute approximate surface area is 121 Å². The highest BCUT2D eigenvalue weighted by atomic mass is 19.2. The molecule has 1 nitrogen and oxygen atoms in total. The van der Waals surface area contributed by atoms with Crippen molar-refractivity contribution in [3.63, 3.8) is 0 Å². The molecule has 0 aromatic heterocycles. The maximum absolute atomic E-state index is 13.7. The molecule has 0 fully saturated rings. The number of aliphatic hydroxyl groups excluding tert-OH is 1. The first-order valence-electron chi connectivity index (χ1n) is 6.98. The van der Waals surface area contributed by atoms with E-state index in [9.17, 15) is 18.3 Å². The third kappa shape index (κ3) is 2.68. The Balaban J connectivity index is 1.83. The van der Waals surface area contributed by atoms with Crippen molar-refractivity contribution in [2.75, 3.05) is 0 Å². The highest BCUT2D eigenvalue weighted by molar-refractivity contribution is 5.36. The molecular formula is C17H15F3O. The first-order chi connectivity index (χ1) is 10.1. The Bertz CT molecular complexity index is 682. The van der Waals surface area contributed by atoms with Crippen molar-refractivity contribution in [2.45, 2.75) is 31.8 Å². The molecule has 0 saturated carbocycles. The number of benzene rings is 2. The van der Waals surface area contributed by atoms with Crippen LogP contribution >= 0.6 is 0 Å². The van der Waals surface area contributed by atoms with Gasteiger partial charge in [-0.15, -0.1) is 0 Å². The van der Waals surface area contributed by atoms with Crippen LogP contribution in [0.25, 0.3) is 0 Å². The summed E-state index contributed by atoms with van der Waals surface area (Å²) < 4.78 is 39.8. The van der Waals surface area contributed by atoms with Crippen LogP contribution in [0.4, 0.5) is 13.2 Å². The van der Waals surface area contributed by atoms with E-state index in [4.69, 9.17) is 0 Å². The van der Waals surface area contributed by atoms with Crippen molar-refractivity contribution < 1.29 is 18.3 Å². The van der Waals surface area contributed by atoms with Gasteiger partial charge in [0.05, 0.1) is 6.10 Å². The molecule has 0 spiro atoms. The Morgan fingerprint density at radius 3 is 2.52 bits per heavy atom. The van der Waals surface area contributed by atoms with Gasteiger partial charge in [0.15, 0.2) is 17.5 Å². The summed E-state index contributed by atoms with van der Waals surface area (Å²) in [7, 11) is 0. The van der Waals surface area contributed by atoms with Gasteiger partial charge in [-0.25, -0.2) is 13.2 Å². The van der Waals surface area contributed by atoms with Gasteiger partial charge in [-0.3, -0.25) is 0 Å². The molecule has 2 aromatic rings. The second-order valence-electron chi connectivity index (χ2n) is 5.44. The fraction of sp³-hybridized carbons (Fsp3) is 0.294. The lowest BCUT2D eigenvalue weighted by atomic mass is 9.98. The summed E-state index contributed by atoms with van der Waals surface area (Å²) in [5.41, 5.74) is 3.22. The first kappa shape index (κ1) is 14.1. The Morgan fingerprint density at radius 1 is 0.952 bits per heavy atom. The Hall–Kier alpha value is -1.81. The van der Waals surface area contributed by atoms with Crippen molar-refractivity contribution >= 4 is 0 Å². The second kappa shape index (κ2) is 5.53. The smallest absolute Gasteiger partial charge is 0.194 e. The van der Waals surface area contributed by atoms with Crippen LogP contribution in [0.15, 0.2) is 30.3 Å². The lowest BCUT2D eigenvalue weighted by molar-refractivity contribution is 0.172. The van der Waals surface area contributed by atoms with Gasteiger partial charge in [0.1, 0.15) is 0 Å². The molecule has 2 aromatic carbocycles. The minimum Gasteiger partial charge on any atom is -0.388 e. The van der Waals surface area contributed by atoms with Crippen molar-refractivity contribution in [3.05, 3.63) is 70.0 Å². The van der Waals surface area contributed by atoms with Gasteiger partial charge in [0.2, 0.25) is 0 Å². The largest absolute Gasteiger partial charge is 0.388 e. The average Bonchev–Trinajstić information content (AvgIpc) is 2.92. The van der Waals surface area contributed by atoms with Crippen molar-refractivity contribution in [1.82, 2.24) is 0 Å². The first-order valence-corrected chi connectivity index (χ1v) is 6.98. The third-order valence-corrected chi connectivity index (χ3v) is 4.02. The van der Waals surface area contributed by atoms with Crippen LogP contribution in [0.2, 0.25) is 0 Å². The molecule has 0 amide bonds. The summed E-state index contributed by atoms with van der Waals surface area (Å²) in [6.07, 6.45) is 2.18. The monoisotopic (exact) mass is 292 g/mol. The molecule has 0 aliphatic heterocycles. The van der Waals surface area contributed by atoms with E-state index in [1.165, 1.54) is 11.1 Å². The summed E-state index contributed by atoms with van der Waals surface area (Å²) in [4.78, 5) is 0. The van der Waals surface area contributed by atoms with Gasteiger partial charge >= 0.3 is 0 Å².